The lowest BCUT2D eigenvalue weighted by molar-refractivity contribution is -0.121. The van der Waals surface area contributed by atoms with Crippen molar-refractivity contribution in [2.75, 3.05) is 13.1 Å². The van der Waals surface area contributed by atoms with Crippen molar-refractivity contribution in [1.29, 1.82) is 0 Å². The van der Waals surface area contributed by atoms with Crippen molar-refractivity contribution in [2.24, 2.45) is 0 Å². The van der Waals surface area contributed by atoms with Gasteiger partial charge < -0.3 is 9.88 Å². The average Bonchev–Trinajstić information content (AvgIpc) is 2.61. The first kappa shape index (κ1) is 10.1. The predicted molar refractivity (Wildman–Crippen MR) is 54.2 cm³/mol. The SMILES string of the molecule is CCn1c(C)nnc1C1CNC(=O)CN1. The summed E-state index contributed by atoms with van der Waals surface area (Å²) in [6, 6.07) is 0.0730. The van der Waals surface area contributed by atoms with E-state index in [1.807, 2.05) is 6.92 Å². The summed E-state index contributed by atoms with van der Waals surface area (Å²) in [7, 11) is 0. The molecule has 2 N–H and O–H groups in total. The van der Waals surface area contributed by atoms with Crippen LogP contribution in [0.15, 0.2) is 0 Å². The van der Waals surface area contributed by atoms with Gasteiger partial charge in [-0.05, 0) is 13.8 Å². The van der Waals surface area contributed by atoms with Crippen molar-refractivity contribution < 1.29 is 4.79 Å². The minimum Gasteiger partial charge on any atom is -0.353 e. The van der Waals surface area contributed by atoms with Crippen LogP contribution in [0.25, 0.3) is 0 Å². The van der Waals surface area contributed by atoms with E-state index >= 15 is 0 Å². The van der Waals surface area contributed by atoms with Crippen LogP contribution in [0.5, 0.6) is 0 Å². The maximum Gasteiger partial charge on any atom is 0.234 e. The fraction of sp³-hybridized carbons (Fsp3) is 0.667. The molecule has 0 saturated carbocycles. The van der Waals surface area contributed by atoms with Crippen LogP contribution in [0.3, 0.4) is 0 Å². The Labute approximate surface area is 88.1 Å². The van der Waals surface area contributed by atoms with Crippen LogP contribution >= 0.6 is 0 Å². The van der Waals surface area contributed by atoms with Crippen LogP contribution in [0.4, 0.5) is 0 Å². The molecule has 0 bridgehead atoms. The van der Waals surface area contributed by atoms with Gasteiger partial charge in [0.1, 0.15) is 5.82 Å². The largest absolute Gasteiger partial charge is 0.353 e. The van der Waals surface area contributed by atoms with Gasteiger partial charge in [-0.25, -0.2) is 0 Å². The van der Waals surface area contributed by atoms with Crippen LogP contribution in [0.2, 0.25) is 0 Å². The lowest BCUT2D eigenvalue weighted by Gasteiger charge is -2.23. The van der Waals surface area contributed by atoms with E-state index in [1.165, 1.54) is 0 Å². The van der Waals surface area contributed by atoms with Crippen molar-refractivity contribution in [2.45, 2.75) is 26.4 Å². The number of carbonyl (C=O) groups excluding carboxylic acids is 1. The summed E-state index contributed by atoms with van der Waals surface area (Å²) in [6.45, 7) is 5.76. The molecule has 0 aliphatic carbocycles. The highest BCUT2D eigenvalue weighted by molar-refractivity contribution is 5.78. The summed E-state index contributed by atoms with van der Waals surface area (Å²) in [5.41, 5.74) is 0. The third-order valence-corrected chi connectivity index (χ3v) is 2.60. The highest BCUT2D eigenvalue weighted by Crippen LogP contribution is 2.12. The van der Waals surface area contributed by atoms with E-state index in [1.54, 1.807) is 0 Å². The van der Waals surface area contributed by atoms with Crippen LogP contribution in [0, 0.1) is 6.92 Å². The number of hydrogen-bond donors (Lipinski definition) is 2. The van der Waals surface area contributed by atoms with Crippen molar-refractivity contribution in [3.05, 3.63) is 11.6 Å². The van der Waals surface area contributed by atoms with Gasteiger partial charge in [0.25, 0.3) is 0 Å². The normalized spacial score (nSPS) is 21.5. The molecular weight excluding hydrogens is 194 g/mol. The lowest BCUT2D eigenvalue weighted by Crippen LogP contribution is -2.47. The van der Waals surface area contributed by atoms with E-state index in [0.29, 0.717) is 13.1 Å². The first-order valence-electron chi connectivity index (χ1n) is 5.12. The molecule has 1 aliphatic rings. The molecule has 0 radical (unpaired) electrons. The topological polar surface area (TPSA) is 71.8 Å². The molecule has 0 spiro atoms. The molecule has 1 saturated heterocycles. The Morgan fingerprint density at radius 3 is 2.93 bits per heavy atom. The molecule has 1 aliphatic heterocycles. The van der Waals surface area contributed by atoms with Gasteiger partial charge in [-0.3, -0.25) is 10.1 Å². The molecule has 1 aromatic rings. The average molecular weight is 209 g/mol. The fourth-order valence-corrected chi connectivity index (χ4v) is 1.79. The monoisotopic (exact) mass is 209 g/mol. The van der Waals surface area contributed by atoms with Gasteiger partial charge in [0, 0.05) is 13.1 Å². The number of rotatable bonds is 2. The quantitative estimate of drug-likeness (QED) is 0.680. The van der Waals surface area contributed by atoms with E-state index in [9.17, 15) is 4.79 Å². The molecule has 6 heteroatoms. The number of aromatic nitrogens is 3. The molecule has 2 heterocycles. The zero-order chi connectivity index (χ0) is 10.8. The number of carbonyl (C=O) groups is 1. The Kier molecular flexibility index (Phi) is 2.68. The molecule has 1 unspecified atom stereocenters. The van der Waals surface area contributed by atoms with E-state index < -0.39 is 0 Å². The summed E-state index contributed by atoms with van der Waals surface area (Å²) in [6.07, 6.45) is 0. The van der Waals surface area contributed by atoms with Gasteiger partial charge in [-0.1, -0.05) is 0 Å². The van der Waals surface area contributed by atoms with Gasteiger partial charge in [0.15, 0.2) is 5.82 Å². The minimum atomic E-state index is 0.0329. The second-order valence-corrected chi connectivity index (χ2v) is 3.59. The van der Waals surface area contributed by atoms with Crippen molar-refractivity contribution in [3.63, 3.8) is 0 Å². The Bertz CT molecular complexity index is 363. The van der Waals surface area contributed by atoms with Gasteiger partial charge in [0.05, 0.1) is 12.6 Å². The van der Waals surface area contributed by atoms with Gasteiger partial charge in [-0.2, -0.15) is 0 Å². The molecule has 2 rings (SSSR count). The molecule has 1 atom stereocenters. The number of nitrogens with zero attached hydrogens (tertiary/aromatic N) is 3. The molecule has 0 aromatic carbocycles. The van der Waals surface area contributed by atoms with Crippen LogP contribution in [-0.4, -0.2) is 33.8 Å². The molecule has 1 aromatic heterocycles. The maximum atomic E-state index is 11.0. The Morgan fingerprint density at radius 2 is 2.33 bits per heavy atom. The van der Waals surface area contributed by atoms with Gasteiger partial charge in [-0.15, -0.1) is 10.2 Å². The Morgan fingerprint density at radius 1 is 1.53 bits per heavy atom. The maximum absolute atomic E-state index is 11.0. The number of aryl methyl sites for hydroxylation is 1. The van der Waals surface area contributed by atoms with Crippen molar-refractivity contribution >= 4 is 5.91 Å². The second kappa shape index (κ2) is 3.98. The summed E-state index contributed by atoms with van der Waals surface area (Å²) >= 11 is 0. The van der Waals surface area contributed by atoms with Crippen molar-refractivity contribution in [3.8, 4) is 0 Å². The zero-order valence-electron chi connectivity index (χ0n) is 8.95. The molecular formula is C9H15N5O. The summed E-state index contributed by atoms with van der Waals surface area (Å²) in [4.78, 5) is 11.0. The third-order valence-electron chi connectivity index (χ3n) is 2.60. The summed E-state index contributed by atoms with van der Waals surface area (Å²) in [5.74, 6) is 1.84. The van der Waals surface area contributed by atoms with E-state index in [-0.39, 0.29) is 11.9 Å². The van der Waals surface area contributed by atoms with E-state index in [4.69, 9.17) is 0 Å². The Balaban J connectivity index is 2.18. The predicted octanol–water partition coefficient (Wildman–Crippen LogP) is -0.633. The van der Waals surface area contributed by atoms with Gasteiger partial charge in [0.2, 0.25) is 5.91 Å². The molecule has 6 nitrogen and oxygen atoms in total. The molecule has 82 valence electrons. The number of hydrogen-bond acceptors (Lipinski definition) is 4. The first-order chi connectivity index (χ1) is 7.22. The second-order valence-electron chi connectivity index (χ2n) is 3.59. The van der Waals surface area contributed by atoms with E-state index in [2.05, 4.69) is 32.3 Å². The highest BCUT2D eigenvalue weighted by Gasteiger charge is 2.23. The number of piperazine rings is 1. The minimum absolute atomic E-state index is 0.0329. The van der Waals surface area contributed by atoms with Crippen molar-refractivity contribution in [1.82, 2.24) is 25.4 Å². The summed E-state index contributed by atoms with van der Waals surface area (Å²) in [5, 5.41) is 14.1. The zero-order valence-corrected chi connectivity index (χ0v) is 8.95. The third kappa shape index (κ3) is 1.85. The number of nitrogens with one attached hydrogen (secondary N) is 2. The summed E-state index contributed by atoms with van der Waals surface area (Å²) < 4.78 is 2.05. The molecule has 1 fully saturated rings. The van der Waals surface area contributed by atoms with Crippen LogP contribution in [0.1, 0.15) is 24.6 Å². The van der Waals surface area contributed by atoms with E-state index in [0.717, 1.165) is 18.2 Å². The molecule has 15 heavy (non-hydrogen) atoms. The molecule has 1 amide bonds. The van der Waals surface area contributed by atoms with Crippen LogP contribution < -0.4 is 10.6 Å². The fourth-order valence-electron chi connectivity index (χ4n) is 1.79. The lowest BCUT2D eigenvalue weighted by atomic mass is 10.2. The highest BCUT2D eigenvalue weighted by atomic mass is 16.2. The first-order valence-corrected chi connectivity index (χ1v) is 5.12. The van der Waals surface area contributed by atoms with Crippen LogP contribution in [-0.2, 0) is 11.3 Å². The Hall–Kier alpha value is -1.43. The number of amides is 1. The van der Waals surface area contributed by atoms with Gasteiger partial charge >= 0.3 is 0 Å². The standard InChI is InChI=1S/C9H15N5O/c1-3-14-6(2)12-13-9(14)7-4-11-8(15)5-10-7/h7,10H,3-5H2,1-2H3,(H,11,15). The smallest absolute Gasteiger partial charge is 0.234 e.